The van der Waals surface area contributed by atoms with E-state index in [4.69, 9.17) is 11.6 Å². The molecule has 0 bridgehead atoms. The Morgan fingerprint density at radius 3 is 2.19 bits per heavy atom. The van der Waals surface area contributed by atoms with Crippen LogP contribution >= 0.6 is 11.6 Å². The molecule has 2 rings (SSSR count). The van der Waals surface area contributed by atoms with E-state index in [1.165, 1.54) is 12.1 Å². The number of carbonyl (C=O) groups is 2. The summed E-state index contributed by atoms with van der Waals surface area (Å²) in [5, 5.41) is 5.52. The Kier molecular flexibility index (Phi) is 6.63. The summed E-state index contributed by atoms with van der Waals surface area (Å²) in [6, 6.07) is 11.3. The fourth-order valence-electron chi connectivity index (χ4n) is 2.25. The fraction of sp³-hybridized carbons (Fsp3) is 0.222. The molecule has 2 N–H and O–H groups in total. The van der Waals surface area contributed by atoms with Gasteiger partial charge in [-0.2, -0.15) is 13.2 Å². The number of alkyl halides is 3. The van der Waals surface area contributed by atoms with Crippen LogP contribution in [0.15, 0.2) is 48.5 Å². The van der Waals surface area contributed by atoms with Crippen LogP contribution in [0.5, 0.6) is 0 Å². The van der Waals surface area contributed by atoms with Crippen LogP contribution in [-0.2, 0) is 17.4 Å². The van der Waals surface area contributed by atoms with Crippen LogP contribution in [0.3, 0.4) is 0 Å². The summed E-state index contributed by atoms with van der Waals surface area (Å²) in [5.41, 5.74) is -0.674. The molecule has 8 heteroatoms. The first-order chi connectivity index (χ1) is 12.3. The highest BCUT2D eigenvalue weighted by Gasteiger charge is 2.34. The molecule has 138 valence electrons. The van der Waals surface area contributed by atoms with Gasteiger partial charge in [-0.05, 0) is 29.8 Å². The predicted octanol–water partition coefficient (Wildman–Crippen LogP) is 3.45. The molecule has 2 aromatic rings. The summed E-state index contributed by atoms with van der Waals surface area (Å²) < 4.78 is 38.7. The van der Waals surface area contributed by atoms with Crippen molar-refractivity contribution >= 4 is 23.4 Å². The van der Waals surface area contributed by atoms with Crippen LogP contribution in [0.4, 0.5) is 13.2 Å². The van der Waals surface area contributed by atoms with Gasteiger partial charge in [0.1, 0.15) is 0 Å². The number of hydrogen-bond donors (Lipinski definition) is 2. The minimum atomic E-state index is -4.61. The third kappa shape index (κ3) is 5.77. The fourth-order valence-corrected chi connectivity index (χ4v) is 2.38. The monoisotopic (exact) mass is 384 g/mol. The molecule has 0 radical (unpaired) electrons. The van der Waals surface area contributed by atoms with Gasteiger partial charge in [0.15, 0.2) is 0 Å². The number of carbonyl (C=O) groups excluding carboxylic acids is 2. The molecule has 0 heterocycles. The zero-order chi connectivity index (χ0) is 19.2. The third-order valence-electron chi connectivity index (χ3n) is 3.49. The molecule has 4 nitrogen and oxygen atoms in total. The molecule has 0 atom stereocenters. The van der Waals surface area contributed by atoms with Gasteiger partial charge in [0.2, 0.25) is 5.91 Å². The van der Waals surface area contributed by atoms with Crippen molar-refractivity contribution in [1.29, 1.82) is 0 Å². The lowest BCUT2D eigenvalue weighted by atomic mass is 10.1. The second-order valence-corrected chi connectivity index (χ2v) is 5.89. The molecule has 0 fully saturated rings. The summed E-state index contributed by atoms with van der Waals surface area (Å²) in [6.45, 7) is 0.115. The normalized spacial score (nSPS) is 11.1. The van der Waals surface area contributed by atoms with Gasteiger partial charge in [0.05, 0.1) is 17.5 Å². The standard InChI is InChI=1S/C18H16ClF3N2O2/c19-13-7-5-12(6-8-13)11-16(25)23-9-10-24-17(26)14-3-1-2-4-15(14)18(20,21)22/h1-8H,9-11H2,(H,23,25)(H,24,26). The van der Waals surface area contributed by atoms with Gasteiger partial charge in [0.25, 0.3) is 5.91 Å². The summed E-state index contributed by atoms with van der Waals surface area (Å²) >= 11 is 5.76. The van der Waals surface area contributed by atoms with E-state index >= 15 is 0 Å². The minimum absolute atomic E-state index is 0.0113. The highest BCUT2D eigenvalue weighted by atomic mass is 35.5. The van der Waals surface area contributed by atoms with Crippen molar-refractivity contribution in [3.63, 3.8) is 0 Å². The SMILES string of the molecule is O=C(Cc1ccc(Cl)cc1)NCCNC(=O)c1ccccc1C(F)(F)F. The first kappa shape index (κ1) is 19.8. The van der Waals surface area contributed by atoms with Crippen LogP contribution in [0, 0.1) is 0 Å². The maximum absolute atomic E-state index is 12.9. The topological polar surface area (TPSA) is 58.2 Å². The van der Waals surface area contributed by atoms with E-state index in [0.29, 0.717) is 5.02 Å². The quantitative estimate of drug-likeness (QED) is 0.749. The average Bonchev–Trinajstić information content (AvgIpc) is 2.60. The van der Waals surface area contributed by atoms with Gasteiger partial charge in [-0.15, -0.1) is 0 Å². The second-order valence-electron chi connectivity index (χ2n) is 5.45. The lowest BCUT2D eigenvalue weighted by Crippen LogP contribution is -2.36. The lowest BCUT2D eigenvalue weighted by molar-refractivity contribution is -0.138. The first-order valence-corrected chi connectivity index (χ1v) is 8.11. The van der Waals surface area contributed by atoms with Crippen molar-refractivity contribution in [2.24, 2.45) is 0 Å². The number of rotatable bonds is 6. The molecule has 0 saturated carbocycles. The predicted molar refractivity (Wildman–Crippen MR) is 91.9 cm³/mol. The molecular formula is C18H16ClF3N2O2. The molecular weight excluding hydrogens is 369 g/mol. The Hall–Kier alpha value is -2.54. The third-order valence-corrected chi connectivity index (χ3v) is 3.74. The van der Waals surface area contributed by atoms with Gasteiger partial charge in [0, 0.05) is 18.1 Å². The lowest BCUT2D eigenvalue weighted by Gasteiger charge is -2.13. The number of nitrogens with one attached hydrogen (secondary N) is 2. The molecule has 0 aromatic heterocycles. The van der Waals surface area contributed by atoms with E-state index in [1.807, 2.05) is 0 Å². The molecule has 2 aromatic carbocycles. The molecule has 0 aliphatic carbocycles. The maximum Gasteiger partial charge on any atom is 0.417 e. The van der Waals surface area contributed by atoms with E-state index in [0.717, 1.165) is 17.7 Å². The zero-order valence-corrected chi connectivity index (χ0v) is 14.3. The van der Waals surface area contributed by atoms with Crippen molar-refractivity contribution in [1.82, 2.24) is 10.6 Å². The van der Waals surface area contributed by atoms with E-state index in [-0.39, 0.29) is 25.4 Å². The Morgan fingerprint density at radius 1 is 0.923 bits per heavy atom. The second kappa shape index (κ2) is 8.71. The van der Waals surface area contributed by atoms with Gasteiger partial charge >= 0.3 is 6.18 Å². The Balaban J connectivity index is 1.80. The number of halogens is 4. The van der Waals surface area contributed by atoms with Crippen LogP contribution < -0.4 is 10.6 Å². The van der Waals surface area contributed by atoms with E-state index in [9.17, 15) is 22.8 Å². The Bertz CT molecular complexity index is 777. The van der Waals surface area contributed by atoms with Gasteiger partial charge < -0.3 is 10.6 Å². The molecule has 0 aliphatic rings. The summed E-state index contributed by atoms with van der Waals surface area (Å²) in [7, 11) is 0. The number of hydrogen-bond acceptors (Lipinski definition) is 2. The highest BCUT2D eigenvalue weighted by Crippen LogP contribution is 2.31. The molecule has 26 heavy (non-hydrogen) atoms. The van der Waals surface area contributed by atoms with Crippen LogP contribution in [0.2, 0.25) is 5.02 Å². The summed E-state index contributed by atoms with van der Waals surface area (Å²) in [4.78, 5) is 23.7. The van der Waals surface area contributed by atoms with Crippen molar-refractivity contribution < 1.29 is 22.8 Å². The van der Waals surface area contributed by atoms with Crippen molar-refractivity contribution in [2.75, 3.05) is 13.1 Å². The molecule has 2 amide bonds. The largest absolute Gasteiger partial charge is 0.417 e. The smallest absolute Gasteiger partial charge is 0.354 e. The van der Waals surface area contributed by atoms with Crippen LogP contribution in [0.25, 0.3) is 0 Å². The van der Waals surface area contributed by atoms with Crippen molar-refractivity contribution in [3.8, 4) is 0 Å². The zero-order valence-electron chi connectivity index (χ0n) is 13.6. The molecule has 0 aliphatic heterocycles. The van der Waals surface area contributed by atoms with E-state index in [2.05, 4.69) is 10.6 Å². The molecule has 0 saturated heterocycles. The molecule has 0 unspecified atom stereocenters. The van der Waals surface area contributed by atoms with Gasteiger partial charge in [-0.1, -0.05) is 35.9 Å². The molecule has 0 spiro atoms. The van der Waals surface area contributed by atoms with Crippen molar-refractivity contribution in [3.05, 3.63) is 70.2 Å². The maximum atomic E-state index is 12.9. The van der Waals surface area contributed by atoms with Gasteiger partial charge in [-0.25, -0.2) is 0 Å². The highest BCUT2D eigenvalue weighted by molar-refractivity contribution is 6.30. The van der Waals surface area contributed by atoms with Crippen LogP contribution in [-0.4, -0.2) is 24.9 Å². The summed E-state index contributed by atoms with van der Waals surface area (Å²) in [6.07, 6.45) is -4.47. The number of benzene rings is 2. The Labute approximate surface area is 153 Å². The van der Waals surface area contributed by atoms with Crippen LogP contribution in [0.1, 0.15) is 21.5 Å². The van der Waals surface area contributed by atoms with E-state index in [1.54, 1.807) is 24.3 Å². The van der Waals surface area contributed by atoms with Crippen molar-refractivity contribution in [2.45, 2.75) is 12.6 Å². The average molecular weight is 385 g/mol. The van der Waals surface area contributed by atoms with Gasteiger partial charge in [-0.3, -0.25) is 9.59 Å². The Morgan fingerprint density at radius 2 is 1.54 bits per heavy atom. The summed E-state index contributed by atoms with van der Waals surface area (Å²) in [5.74, 6) is -1.11. The van der Waals surface area contributed by atoms with E-state index < -0.39 is 23.2 Å². The first-order valence-electron chi connectivity index (χ1n) is 7.73. The number of amides is 2. The minimum Gasteiger partial charge on any atom is -0.354 e.